The Morgan fingerprint density at radius 1 is 0.390 bits per heavy atom. The number of nitrogens with zero attached hydrogens (tertiary/aromatic N) is 2. The molecule has 100 heavy (non-hydrogen) atoms. The zero-order chi connectivity index (χ0) is 70.0. The molecule has 0 heterocycles. The van der Waals surface area contributed by atoms with Crippen molar-refractivity contribution < 1.29 is 78.5 Å². The summed E-state index contributed by atoms with van der Waals surface area (Å²) in [6.07, 6.45) is -0.929. The fraction of sp³-hybridized carbons (Fsp3) is 0.423. The maximum absolute atomic E-state index is 12.3. The third-order valence-corrected chi connectivity index (χ3v) is 15.3. The molecule has 0 fully saturated rings. The van der Waals surface area contributed by atoms with Crippen LogP contribution < -0.4 is 21.3 Å². The zero-order valence-electron chi connectivity index (χ0n) is 57.2. The van der Waals surface area contributed by atoms with E-state index < -0.39 is 47.4 Å². The van der Waals surface area contributed by atoms with Crippen LogP contribution in [-0.2, 0) is 52.5 Å². The second kappa shape index (κ2) is 42.0. The van der Waals surface area contributed by atoms with Crippen molar-refractivity contribution in [3.8, 4) is 33.4 Å². The first-order valence-electron chi connectivity index (χ1n) is 32.2. The SMILES string of the molecule is C.C.C.C.CC(C)(C)OC(=O)CNCCNC(=O)OCC1c2ccccc2-c2ccccc21.CCC(=O)N(CCNC(=O)OCC1c2ccccc2-c2ccccc21)CC(=O)O.CCC(=O)N(CCNC(=O)OCC1c2ccccc2-c2ccccc21)CC(=O)OC(C)(C)C.CCC(=O)O.[H+]. The van der Waals surface area contributed by atoms with Crippen molar-refractivity contribution in [3.63, 3.8) is 0 Å². The third-order valence-electron chi connectivity index (χ3n) is 15.3. The lowest BCUT2D eigenvalue weighted by molar-refractivity contribution is -0.159. The van der Waals surface area contributed by atoms with Crippen LogP contribution in [0.25, 0.3) is 33.4 Å². The molecule has 9 rings (SSSR count). The van der Waals surface area contributed by atoms with Gasteiger partial charge < -0.3 is 65.0 Å². The summed E-state index contributed by atoms with van der Waals surface area (Å²) in [5, 5.41) is 27.5. The number of carboxylic acid groups (broad SMARTS) is 2. The van der Waals surface area contributed by atoms with E-state index in [0.29, 0.717) is 13.1 Å². The monoisotopic (exact) mass is 1380 g/mol. The van der Waals surface area contributed by atoms with Crippen LogP contribution in [0.4, 0.5) is 14.4 Å². The Balaban J connectivity index is 0.000000716. The van der Waals surface area contributed by atoms with Gasteiger partial charge in [0.1, 0.15) is 44.1 Å². The zero-order valence-corrected chi connectivity index (χ0v) is 56.2. The van der Waals surface area contributed by atoms with E-state index in [4.69, 9.17) is 33.9 Å². The normalized spacial score (nSPS) is 11.7. The number of ether oxygens (including phenoxy) is 5. The van der Waals surface area contributed by atoms with Crippen molar-refractivity contribution >= 4 is 54.0 Å². The number of carbonyl (C=O) groups is 9. The summed E-state index contributed by atoms with van der Waals surface area (Å²) in [6.45, 7) is 17.4. The molecule has 3 aliphatic rings. The van der Waals surface area contributed by atoms with E-state index in [0.717, 1.165) is 44.5 Å². The van der Waals surface area contributed by atoms with Crippen LogP contribution in [0, 0.1) is 0 Å². The van der Waals surface area contributed by atoms with E-state index >= 15 is 0 Å². The summed E-state index contributed by atoms with van der Waals surface area (Å²) in [7, 11) is 0. The molecular weight excluding hydrogens is 1280 g/mol. The Labute approximate surface area is 592 Å². The standard InChI is InChI=1S/C26H32N2O5.C23H28N2O4.C22H24N2O5.C3H6O2.4CH4/c1-5-23(29)28(16-24(30)33-26(2,3)4)15-14-27-25(31)32-17-22-20-12-8-6-10-18(20)19-11-7-9-13-21(19)22;1-23(2,3)29-21(26)14-24-12-13-25-22(27)28-15-20-18-10-6-4-8-16(18)17-9-5-7-11-19(17)20;1-2-20(25)24(13-21(26)27)12-11-23-22(28)29-14-19-17-9-5-3-7-15(17)16-8-4-6-10-18(16)19;1-2-3(4)5;;;;/h6-13,22H,5,14-17H2,1-4H3,(H,27,31);4-11,20,24H,12-15H2,1-3H3,(H,25,27);3-10,19H,2,11-14H2,1H3,(H,23,28)(H,26,27);2H2,1H3,(H,4,5);4*1H4/p+1. The molecule has 0 unspecified atom stereocenters. The number of carbonyl (C=O) groups excluding carboxylic acids is 7. The van der Waals surface area contributed by atoms with Crippen LogP contribution >= 0.6 is 0 Å². The van der Waals surface area contributed by atoms with Gasteiger partial charge in [0.2, 0.25) is 11.8 Å². The summed E-state index contributed by atoms with van der Waals surface area (Å²) in [5.74, 6) is -3.11. The van der Waals surface area contributed by atoms with Crippen LogP contribution in [0.3, 0.4) is 0 Å². The molecule has 0 atom stereocenters. The van der Waals surface area contributed by atoms with Crippen LogP contribution in [0.2, 0.25) is 0 Å². The van der Waals surface area contributed by atoms with Gasteiger partial charge in [0.15, 0.2) is 0 Å². The fourth-order valence-corrected chi connectivity index (χ4v) is 11.1. The molecule has 6 aromatic rings. The van der Waals surface area contributed by atoms with Crippen molar-refractivity contribution in [1.29, 1.82) is 0 Å². The van der Waals surface area contributed by atoms with Crippen molar-refractivity contribution in [3.05, 3.63) is 179 Å². The van der Waals surface area contributed by atoms with Gasteiger partial charge in [-0.3, -0.25) is 28.8 Å². The molecule has 0 spiro atoms. The molecule has 22 heteroatoms. The van der Waals surface area contributed by atoms with E-state index in [1.807, 2.05) is 106 Å². The van der Waals surface area contributed by atoms with E-state index in [9.17, 15) is 43.2 Å². The lowest BCUT2D eigenvalue weighted by Crippen LogP contribution is -2.42. The minimum atomic E-state index is -1.09. The number of hydrogen-bond acceptors (Lipinski definition) is 15. The number of nitrogens with one attached hydrogen (secondary N) is 4. The number of aliphatic carboxylic acids is 2. The highest BCUT2D eigenvalue weighted by atomic mass is 16.6. The smallest absolute Gasteiger partial charge is 0.481 e. The molecule has 5 amide bonds. The van der Waals surface area contributed by atoms with Crippen molar-refractivity contribution in [2.45, 2.75) is 140 Å². The second-order valence-corrected chi connectivity index (χ2v) is 24.6. The molecule has 22 nitrogen and oxygen atoms in total. The highest BCUT2D eigenvalue weighted by Crippen LogP contribution is 2.47. The molecular formula is C78H107N6O16+. The number of esters is 2. The van der Waals surface area contributed by atoms with Gasteiger partial charge in [-0.1, -0.05) is 196 Å². The van der Waals surface area contributed by atoms with Gasteiger partial charge in [-0.25, -0.2) is 14.4 Å². The van der Waals surface area contributed by atoms with Crippen LogP contribution in [0.1, 0.15) is 164 Å². The van der Waals surface area contributed by atoms with Crippen LogP contribution in [0.15, 0.2) is 146 Å². The molecule has 544 valence electrons. The maximum atomic E-state index is 12.3. The Hall–Kier alpha value is -10.1. The number of rotatable bonds is 24. The summed E-state index contributed by atoms with van der Waals surface area (Å²) in [6, 6.07) is 48.9. The lowest BCUT2D eigenvalue weighted by atomic mass is 9.98. The number of fused-ring (bicyclic) bond motifs is 9. The van der Waals surface area contributed by atoms with Gasteiger partial charge >= 0.3 is 43.6 Å². The quantitative estimate of drug-likeness (QED) is 0.0186. The minimum Gasteiger partial charge on any atom is -0.481 e. The summed E-state index contributed by atoms with van der Waals surface area (Å²) in [5.41, 5.74) is 12.8. The topological polar surface area (TPSA) is 295 Å². The molecule has 0 aliphatic heterocycles. The largest absolute Gasteiger partial charge is 1.00 e. The number of alkyl carbamates (subject to hydrolysis) is 3. The summed E-state index contributed by atoms with van der Waals surface area (Å²) in [4.78, 5) is 107. The van der Waals surface area contributed by atoms with Crippen molar-refractivity contribution in [1.82, 2.24) is 31.1 Å². The van der Waals surface area contributed by atoms with Gasteiger partial charge in [0, 0.05) is 76.3 Å². The van der Waals surface area contributed by atoms with Crippen LogP contribution in [0.5, 0.6) is 0 Å². The molecule has 0 aromatic heterocycles. The highest BCUT2D eigenvalue weighted by Gasteiger charge is 2.32. The Morgan fingerprint density at radius 2 is 0.660 bits per heavy atom. The van der Waals surface area contributed by atoms with Crippen molar-refractivity contribution in [2.75, 3.05) is 78.7 Å². The summed E-state index contributed by atoms with van der Waals surface area (Å²) >= 11 is 0. The minimum absolute atomic E-state index is 0. The van der Waals surface area contributed by atoms with Gasteiger partial charge in [0.25, 0.3) is 0 Å². The molecule has 6 aromatic carbocycles. The number of carboxylic acids is 2. The molecule has 6 N–H and O–H groups in total. The van der Waals surface area contributed by atoms with Gasteiger partial charge in [-0.15, -0.1) is 0 Å². The molecule has 0 bridgehead atoms. The Bertz CT molecular complexity index is 3530. The van der Waals surface area contributed by atoms with Crippen molar-refractivity contribution in [2.24, 2.45) is 0 Å². The lowest BCUT2D eigenvalue weighted by Gasteiger charge is -2.25. The Morgan fingerprint density at radius 3 is 0.930 bits per heavy atom. The van der Waals surface area contributed by atoms with E-state index in [1.165, 1.54) is 32.1 Å². The number of benzene rings is 6. The predicted molar refractivity (Wildman–Crippen MR) is 391 cm³/mol. The predicted octanol–water partition coefficient (Wildman–Crippen LogP) is 13.5. The first-order valence-corrected chi connectivity index (χ1v) is 32.2. The maximum Gasteiger partial charge on any atom is 1.00 e. The summed E-state index contributed by atoms with van der Waals surface area (Å²) < 4.78 is 26.9. The van der Waals surface area contributed by atoms with Gasteiger partial charge in [-0.05, 0) is 108 Å². The third kappa shape index (κ3) is 26.3. The molecule has 0 saturated heterocycles. The van der Waals surface area contributed by atoms with Gasteiger partial charge in [0.05, 0.1) is 6.54 Å². The van der Waals surface area contributed by atoms with Gasteiger partial charge in [-0.2, -0.15) is 0 Å². The Kier molecular flexibility index (Phi) is 36.1. The number of hydrogen-bond donors (Lipinski definition) is 6. The first-order chi connectivity index (χ1) is 45.8. The fourth-order valence-electron chi connectivity index (χ4n) is 11.1. The average molecular weight is 1380 g/mol. The second-order valence-electron chi connectivity index (χ2n) is 24.6. The average Bonchev–Trinajstić information content (AvgIpc) is 1.64. The van der Waals surface area contributed by atoms with E-state index in [1.54, 1.807) is 41.5 Å². The highest BCUT2D eigenvalue weighted by molar-refractivity contribution is 5.84. The molecule has 0 saturated carbocycles. The van der Waals surface area contributed by atoms with Crippen LogP contribution in [-0.4, -0.2) is 164 Å². The van der Waals surface area contributed by atoms with E-state index in [2.05, 4.69) is 81.9 Å². The molecule has 0 radical (unpaired) electrons. The number of amides is 5. The van der Waals surface area contributed by atoms with E-state index in [-0.39, 0.29) is 152 Å². The molecule has 3 aliphatic carbocycles. The first kappa shape index (κ1) is 86.0.